The van der Waals surface area contributed by atoms with Gasteiger partial charge in [0.25, 0.3) is 0 Å². The lowest BCUT2D eigenvalue weighted by Gasteiger charge is -2.33. The molecular weight excluding hydrogens is 290 g/mol. The van der Waals surface area contributed by atoms with E-state index >= 15 is 0 Å². The summed E-state index contributed by atoms with van der Waals surface area (Å²) in [7, 11) is -3.83. The molecule has 1 aromatic rings. The maximum atomic E-state index is 12.9. The van der Waals surface area contributed by atoms with E-state index in [1.165, 1.54) is 4.31 Å². The normalized spacial score (nSPS) is 20.4. The molecule has 1 fully saturated rings. The molecule has 21 heavy (non-hydrogen) atoms. The monoisotopic (exact) mass is 311 g/mol. The lowest BCUT2D eigenvalue weighted by atomic mass is 10.0. The number of primary amides is 1. The molecule has 0 bridgehead atoms. The number of amides is 1. The maximum absolute atomic E-state index is 12.9. The summed E-state index contributed by atoms with van der Waals surface area (Å²) in [4.78, 5) is 11.7. The lowest BCUT2D eigenvalue weighted by molar-refractivity contribution is -0.122. The highest BCUT2D eigenvalue weighted by atomic mass is 32.2. The van der Waals surface area contributed by atoms with E-state index in [0.717, 1.165) is 6.42 Å². The number of benzene rings is 1. The van der Waals surface area contributed by atoms with Crippen LogP contribution in [0, 0.1) is 13.8 Å². The van der Waals surface area contributed by atoms with E-state index in [0.29, 0.717) is 30.5 Å². The van der Waals surface area contributed by atoms with Crippen LogP contribution < -0.4 is 11.5 Å². The van der Waals surface area contributed by atoms with Crippen molar-refractivity contribution in [1.29, 1.82) is 0 Å². The van der Waals surface area contributed by atoms with Crippen molar-refractivity contribution in [1.82, 2.24) is 4.31 Å². The average Bonchev–Trinajstić information content (AvgIpc) is 2.43. The van der Waals surface area contributed by atoms with Gasteiger partial charge in [0.15, 0.2) is 0 Å². The number of anilines is 1. The van der Waals surface area contributed by atoms with Crippen molar-refractivity contribution in [2.24, 2.45) is 5.73 Å². The molecule has 1 aliphatic heterocycles. The van der Waals surface area contributed by atoms with Crippen LogP contribution in [0.3, 0.4) is 0 Å². The van der Waals surface area contributed by atoms with Crippen molar-refractivity contribution in [2.75, 3.05) is 12.3 Å². The van der Waals surface area contributed by atoms with E-state index in [2.05, 4.69) is 0 Å². The number of hydrogen-bond donors (Lipinski definition) is 2. The van der Waals surface area contributed by atoms with Gasteiger partial charge in [0, 0.05) is 6.54 Å². The van der Waals surface area contributed by atoms with Gasteiger partial charge in [-0.2, -0.15) is 4.31 Å². The Labute approximate surface area is 125 Å². The molecule has 0 spiro atoms. The molecule has 2 rings (SSSR count). The van der Waals surface area contributed by atoms with Crippen molar-refractivity contribution in [3.63, 3.8) is 0 Å². The molecule has 0 saturated carbocycles. The molecule has 7 heteroatoms. The van der Waals surface area contributed by atoms with Gasteiger partial charge in [-0.1, -0.05) is 18.6 Å². The molecule has 1 atom stereocenters. The van der Waals surface area contributed by atoms with Gasteiger partial charge in [-0.3, -0.25) is 4.79 Å². The van der Waals surface area contributed by atoms with Crippen LogP contribution in [0.2, 0.25) is 0 Å². The molecule has 1 aromatic carbocycles. The van der Waals surface area contributed by atoms with Crippen LogP contribution in [-0.2, 0) is 14.8 Å². The summed E-state index contributed by atoms with van der Waals surface area (Å²) in [5.41, 5.74) is 12.9. The van der Waals surface area contributed by atoms with Crippen LogP contribution in [0.4, 0.5) is 5.69 Å². The third kappa shape index (κ3) is 2.75. The average molecular weight is 311 g/mol. The van der Waals surface area contributed by atoms with Crippen LogP contribution in [0.1, 0.15) is 30.4 Å². The molecule has 0 aliphatic carbocycles. The van der Waals surface area contributed by atoms with Crippen LogP contribution >= 0.6 is 0 Å². The molecule has 1 saturated heterocycles. The Morgan fingerprint density at radius 3 is 2.48 bits per heavy atom. The van der Waals surface area contributed by atoms with Crippen molar-refractivity contribution < 1.29 is 13.2 Å². The molecular formula is C14H21N3O3S. The fourth-order valence-corrected chi connectivity index (χ4v) is 4.81. The highest BCUT2D eigenvalue weighted by molar-refractivity contribution is 7.89. The number of nitrogen functional groups attached to an aromatic ring is 1. The zero-order valence-electron chi connectivity index (χ0n) is 12.3. The van der Waals surface area contributed by atoms with Gasteiger partial charge in [-0.05, 0) is 37.8 Å². The van der Waals surface area contributed by atoms with Gasteiger partial charge >= 0.3 is 0 Å². The summed E-state index contributed by atoms with van der Waals surface area (Å²) in [6.45, 7) is 3.75. The van der Waals surface area contributed by atoms with E-state index in [4.69, 9.17) is 11.5 Å². The van der Waals surface area contributed by atoms with E-state index in [9.17, 15) is 13.2 Å². The quantitative estimate of drug-likeness (QED) is 0.809. The largest absolute Gasteiger partial charge is 0.397 e. The highest BCUT2D eigenvalue weighted by Gasteiger charge is 2.38. The standard InChI is InChI=1S/C14H21N3O3S/c1-9-6-7-10(2)13(12(9)15)21(19,20)17-8-4-3-5-11(17)14(16)18/h6-7,11H,3-5,8,15H2,1-2H3,(H2,16,18). The molecule has 116 valence electrons. The summed E-state index contributed by atoms with van der Waals surface area (Å²) < 4.78 is 27.1. The third-order valence-electron chi connectivity index (χ3n) is 3.96. The minimum absolute atomic E-state index is 0.0932. The van der Waals surface area contributed by atoms with E-state index in [1.54, 1.807) is 26.0 Å². The summed E-state index contributed by atoms with van der Waals surface area (Å²) in [6.07, 6.45) is 1.97. The number of aryl methyl sites for hydroxylation is 2. The van der Waals surface area contributed by atoms with Crippen molar-refractivity contribution >= 4 is 21.6 Å². The van der Waals surface area contributed by atoms with Gasteiger partial charge in [-0.15, -0.1) is 0 Å². The fourth-order valence-electron chi connectivity index (χ4n) is 2.74. The minimum Gasteiger partial charge on any atom is -0.397 e. The van der Waals surface area contributed by atoms with Crippen LogP contribution in [-0.4, -0.2) is 31.2 Å². The third-order valence-corrected chi connectivity index (χ3v) is 6.07. The van der Waals surface area contributed by atoms with Gasteiger partial charge in [0.05, 0.1) is 5.69 Å². The second-order valence-electron chi connectivity index (χ2n) is 5.47. The summed E-state index contributed by atoms with van der Waals surface area (Å²) in [5.74, 6) is -0.609. The number of sulfonamides is 1. The molecule has 1 amide bonds. The Morgan fingerprint density at radius 2 is 1.86 bits per heavy atom. The minimum atomic E-state index is -3.83. The topological polar surface area (TPSA) is 106 Å². The number of carbonyl (C=O) groups is 1. The summed E-state index contributed by atoms with van der Waals surface area (Å²) >= 11 is 0. The van der Waals surface area contributed by atoms with Crippen LogP contribution in [0.15, 0.2) is 17.0 Å². The summed E-state index contributed by atoms with van der Waals surface area (Å²) in [6, 6.07) is 2.72. The van der Waals surface area contributed by atoms with E-state index < -0.39 is 22.0 Å². The second-order valence-corrected chi connectivity index (χ2v) is 7.30. The first-order chi connectivity index (χ1) is 9.76. The van der Waals surface area contributed by atoms with Crippen molar-refractivity contribution in [2.45, 2.75) is 44.0 Å². The molecule has 1 aliphatic rings. The first-order valence-electron chi connectivity index (χ1n) is 6.93. The van der Waals surface area contributed by atoms with Gasteiger partial charge in [-0.25, -0.2) is 8.42 Å². The van der Waals surface area contributed by atoms with Gasteiger partial charge < -0.3 is 11.5 Å². The Balaban J connectivity index is 2.56. The van der Waals surface area contributed by atoms with Crippen molar-refractivity contribution in [3.8, 4) is 0 Å². The Bertz CT molecular complexity index is 670. The Kier molecular flexibility index (Phi) is 4.25. The number of hydrogen-bond acceptors (Lipinski definition) is 4. The first kappa shape index (κ1) is 15.8. The predicted octanol–water partition coefficient (Wildman–Crippen LogP) is 0.914. The zero-order chi connectivity index (χ0) is 15.8. The highest BCUT2D eigenvalue weighted by Crippen LogP contribution is 2.32. The number of rotatable bonds is 3. The number of carbonyl (C=O) groups excluding carboxylic acids is 1. The Hall–Kier alpha value is -1.60. The molecule has 6 nitrogen and oxygen atoms in total. The predicted molar refractivity (Wildman–Crippen MR) is 81.1 cm³/mol. The molecule has 1 unspecified atom stereocenters. The number of piperidine rings is 1. The smallest absolute Gasteiger partial charge is 0.246 e. The van der Waals surface area contributed by atoms with Gasteiger partial charge in [0.1, 0.15) is 10.9 Å². The zero-order valence-corrected chi connectivity index (χ0v) is 13.1. The molecule has 1 heterocycles. The molecule has 0 radical (unpaired) electrons. The van der Waals surface area contributed by atoms with Crippen molar-refractivity contribution in [3.05, 3.63) is 23.3 Å². The molecule has 4 N–H and O–H groups in total. The Morgan fingerprint density at radius 1 is 1.24 bits per heavy atom. The maximum Gasteiger partial charge on any atom is 0.246 e. The van der Waals surface area contributed by atoms with E-state index in [-0.39, 0.29) is 10.6 Å². The number of nitrogens with two attached hydrogens (primary N) is 2. The van der Waals surface area contributed by atoms with Gasteiger partial charge in [0.2, 0.25) is 15.9 Å². The second kappa shape index (κ2) is 5.65. The fraction of sp³-hybridized carbons (Fsp3) is 0.500. The summed E-state index contributed by atoms with van der Waals surface area (Å²) in [5, 5.41) is 0. The van der Waals surface area contributed by atoms with Crippen LogP contribution in [0.25, 0.3) is 0 Å². The lowest BCUT2D eigenvalue weighted by Crippen LogP contribution is -2.50. The van der Waals surface area contributed by atoms with E-state index in [1.807, 2.05) is 0 Å². The van der Waals surface area contributed by atoms with Crippen LogP contribution in [0.5, 0.6) is 0 Å². The SMILES string of the molecule is Cc1ccc(C)c(S(=O)(=O)N2CCCCC2C(N)=O)c1N. The first-order valence-corrected chi connectivity index (χ1v) is 8.37. The number of nitrogens with zero attached hydrogens (tertiary/aromatic N) is 1. The molecule has 0 aromatic heterocycles.